The maximum atomic E-state index is 12.8. The maximum Gasteiger partial charge on any atom is 0.330 e. The number of hydrogen-bond donors (Lipinski definition) is 0. The van der Waals surface area contributed by atoms with E-state index in [-0.39, 0.29) is 29.5 Å². The van der Waals surface area contributed by atoms with Crippen LogP contribution in [-0.2, 0) is 19.1 Å². The second kappa shape index (κ2) is 10.0. The van der Waals surface area contributed by atoms with Gasteiger partial charge in [-0.25, -0.2) is 4.79 Å². The van der Waals surface area contributed by atoms with E-state index in [4.69, 9.17) is 0 Å². The van der Waals surface area contributed by atoms with Crippen LogP contribution < -0.4 is 0 Å². The molecule has 0 saturated heterocycles. The minimum absolute atomic E-state index is 0.0222. The van der Waals surface area contributed by atoms with E-state index in [1.165, 1.54) is 18.8 Å². The quantitative estimate of drug-likeness (QED) is 0.338. The van der Waals surface area contributed by atoms with Gasteiger partial charge in [0.05, 0.1) is 7.11 Å². The van der Waals surface area contributed by atoms with Crippen molar-refractivity contribution in [2.24, 2.45) is 23.7 Å². The molecule has 0 aliphatic heterocycles. The van der Waals surface area contributed by atoms with Crippen LogP contribution in [0.5, 0.6) is 0 Å². The van der Waals surface area contributed by atoms with Crippen molar-refractivity contribution in [3.63, 3.8) is 0 Å². The third-order valence-electron chi connectivity index (χ3n) is 6.16. The Morgan fingerprint density at radius 1 is 1.13 bits per heavy atom. The van der Waals surface area contributed by atoms with E-state index in [1.807, 2.05) is 33.8 Å². The van der Waals surface area contributed by atoms with E-state index in [9.17, 15) is 14.4 Å². The first-order valence-corrected chi connectivity index (χ1v) is 10.6. The average molecular weight is 411 g/mol. The molecule has 162 valence electrons. The van der Waals surface area contributed by atoms with Gasteiger partial charge in [-0.15, -0.1) is 0 Å². The molecular formula is C26H34O4. The molecule has 0 N–H and O–H groups in total. The number of rotatable bonds is 6. The Hall–Kier alpha value is -2.49. The number of ketones is 2. The molecule has 0 amide bonds. The zero-order valence-electron chi connectivity index (χ0n) is 19.2. The third-order valence-corrected chi connectivity index (χ3v) is 6.16. The van der Waals surface area contributed by atoms with E-state index >= 15 is 0 Å². The monoisotopic (exact) mass is 410 g/mol. The van der Waals surface area contributed by atoms with Gasteiger partial charge in [0.15, 0.2) is 0 Å². The van der Waals surface area contributed by atoms with Crippen molar-refractivity contribution in [1.29, 1.82) is 0 Å². The van der Waals surface area contributed by atoms with Gasteiger partial charge in [0, 0.05) is 30.3 Å². The summed E-state index contributed by atoms with van der Waals surface area (Å²) in [5, 5.41) is 0. The SMILES string of the molecule is COC(=O)/C=C/C(C)=C/C(C)=C/[C@H]1C(CC(C)=O)=C(C)C=C2C[C@@H](C)C(=O)[C@@H](C)[C@@H]21. The van der Waals surface area contributed by atoms with Gasteiger partial charge in [0.25, 0.3) is 0 Å². The lowest BCUT2D eigenvalue weighted by molar-refractivity contribution is -0.135. The molecule has 4 atom stereocenters. The Morgan fingerprint density at radius 3 is 2.40 bits per heavy atom. The van der Waals surface area contributed by atoms with Gasteiger partial charge in [-0.1, -0.05) is 66.0 Å². The molecule has 30 heavy (non-hydrogen) atoms. The Balaban J connectivity index is 2.46. The Kier molecular flexibility index (Phi) is 7.94. The van der Waals surface area contributed by atoms with Crippen LogP contribution in [0.4, 0.5) is 0 Å². The summed E-state index contributed by atoms with van der Waals surface area (Å²) in [7, 11) is 1.35. The van der Waals surface area contributed by atoms with Crippen molar-refractivity contribution >= 4 is 17.5 Å². The molecule has 1 fully saturated rings. The second-order valence-corrected chi connectivity index (χ2v) is 8.81. The number of carbonyl (C=O) groups excluding carboxylic acids is 3. The minimum Gasteiger partial charge on any atom is -0.466 e. The van der Waals surface area contributed by atoms with Gasteiger partial charge in [0.1, 0.15) is 11.6 Å². The number of hydrogen-bond acceptors (Lipinski definition) is 4. The summed E-state index contributed by atoms with van der Waals surface area (Å²) in [5.74, 6) is 0.137. The summed E-state index contributed by atoms with van der Waals surface area (Å²) in [6, 6.07) is 0. The largest absolute Gasteiger partial charge is 0.466 e. The molecular weight excluding hydrogens is 376 g/mol. The predicted molar refractivity (Wildman–Crippen MR) is 120 cm³/mol. The van der Waals surface area contributed by atoms with Crippen molar-refractivity contribution in [3.8, 4) is 0 Å². The Bertz CT molecular complexity index is 879. The number of esters is 1. The fourth-order valence-corrected chi connectivity index (χ4v) is 4.82. The topological polar surface area (TPSA) is 60.4 Å². The highest BCUT2D eigenvalue weighted by atomic mass is 16.5. The third kappa shape index (κ3) is 5.56. The number of Topliss-reactive ketones (excluding diaryl/α,β-unsaturated/α-hetero) is 2. The van der Waals surface area contributed by atoms with E-state index in [0.29, 0.717) is 12.2 Å². The van der Waals surface area contributed by atoms with Crippen LogP contribution in [0.3, 0.4) is 0 Å². The van der Waals surface area contributed by atoms with Crippen LogP contribution in [0.2, 0.25) is 0 Å². The second-order valence-electron chi connectivity index (χ2n) is 8.81. The molecule has 1 saturated carbocycles. The van der Waals surface area contributed by atoms with E-state index in [1.54, 1.807) is 13.0 Å². The fraction of sp³-hybridized carbons (Fsp3) is 0.500. The number of ether oxygens (including phenoxy) is 1. The zero-order chi connectivity index (χ0) is 22.6. The van der Waals surface area contributed by atoms with Gasteiger partial charge in [0.2, 0.25) is 0 Å². The van der Waals surface area contributed by atoms with Crippen LogP contribution in [-0.4, -0.2) is 24.6 Å². The van der Waals surface area contributed by atoms with Gasteiger partial charge in [-0.05, 0) is 40.0 Å². The number of fused-ring (bicyclic) bond motifs is 1. The molecule has 0 heterocycles. The molecule has 0 bridgehead atoms. The lowest BCUT2D eigenvalue weighted by Crippen LogP contribution is -2.39. The molecule has 2 aliphatic carbocycles. The van der Waals surface area contributed by atoms with Crippen LogP contribution in [0.15, 0.2) is 58.2 Å². The summed E-state index contributed by atoms with van der Waals surface area (Å²) >= 11 is 0. The first kappa shape index (κ1) is 23.8. The van der Waals surface area contributed by atoms with Crippen molar-refractivity contribution in [1.82, 2.24) is 0 Å². The van der Waals surface area contributed by atoms with Crippen molar-refractivity contribution in [3.05, 3.63) is 58.2 Å². The molecule has 0 aromatic heterocycles. The molecule has 0 aromatic rings. The minimum atomic E-state index is -0.391. The molecule has 0 spiro atoms. The molecule has 0 radical (unpaired) electrons. The first-order valence-electron chi connectivity index (χ1n) is 10.6. The van der Waals surface area contributed by atoms with Crippen molar-refractivity contribution < 1.29 is 19.1 Å². The van der Waals surface area contributed by atoms with E-state index < -0.39 is 5.97 Å². The summed E-state index contributed by atoms with van der Waals surface area (Å²) < 4.78 is 4.64. The van der Waals surface area contributed by atoms with Gasteiger partial charge >= 0.3 is 5.97 Å². The zero-order valence-corrected chi connectivity index (χ0v) is 19.2. The highest BCUT2D eigenvalue weighted by Gasteiger charge is 2.42. The standard InChI is InChI=1S/C26H34O4/c1-15(8-9-24(28)30-7)10-16(2)11-23-22(14-19(5)27)17(3)12-21-13-18(4)26(29)20(6)25(21)23/h8-12,18,20,23,25H,13-14H2,1-7H3/b9-8+,15-10+,16-11+/t18-,20+,23+,25+/m1/s1. The molecule has 4 nitrogen and oxygen atoms in total. The van der Waals surface area contributed by atoms with Crippen LogP contribution in [0.1, 0.15) is 54.4 Å². The number of methoxy groups -OCH3 is 1. The lowest BCUT2D eigenvalue weighted by atomic mass is 9.61. The van der Waals surface area contributed by atoms with E-state index in [0.717, 1.165) is 28.7 Å². The normalized spacial score (nSPS) is 27.8. The predicted octanol–water partition coefficient (Wildman–Crippen LogP) is 5.32. The summed E-state index contributed by atoms with van der Waals surface area (Å²) in [5.41, 5.74) is 5.54. The molecule has 0 unspecified atom stereocenters. The molecule has 2 aliphatic rings. The first-order chi connectivity index (χ1) is 14.0. The number of carbonyl (C=O) groups is 3. The van der Waals surface area contributed by atoms with E-state index in [2.05, 4.69) is 23.8 Å². The highest BCUT2D eigenvalue weighted by Crippen LogP contribution is 2.47. The van der Waals surface area contributed by atoms with Crippen molar-refractivity contribution in [2.45, 2.75) is 54.4 Å². The van der Waals surface area contributed by atoms with Crippen molar-refractivity contribution in [2.75, 3.05) is 7.11 Å². The van der Waals surface area contributed by atoms with Crippen LogP contribution in [0, 0.1) is 23.7 Å². The molecule has 4 heteroatoms. The lowest BCUT2D eigenvalue weighted by Gasteiger charge is -2.42. The van der Waals surface area contributed by atoms with Gasteiger partial charge < -0.3 is 4.74 Å². The van der Waals surface area contributed by atoms with Crippen LogP contribution >= 0.6 is 0 Å². The Labute approximate surface area is 180 Å². The van der Waals surface area contributed by atoms with Crippen LogP contribution in [0.25, 0.3) is 0 Å². The Morgan fingerprint density at radius 2 is 1.80 bits per heavy atom. The molecule has 2 rings (SSSR count). The summed E-state index contributed by atoms with van der Waals surface area (Å²) in [6.07, 6.45) is 10.7. The average Bonchev–Trinajstić information content (AvgIpc) is 2.66. The fourth-order valence-electron chi connectivity index (χ4n) is 4.82. The highest BCUT2D eigenvalue weighted by molar-refractivity contribution is 5.86. The van der Waals surface area contributed by atoms with Gasteiger partial charge in [-0.3, -0.25) is 9.59 Å². The maximum absolute atomic E-state index is 12.8. The van der Waals surface area contributed by atoms with Gasteiger partial charge in [-0.2, -0.15) is 0 Å². The summed E-state index contributed by atoms with van der Waals surface area (Å²) in [4.78, 5) is 36.1. The molecule has 0 aromatic carbocycles. The number of allylic oxidation sites excluding steroid dienone is 9. The smallest absolute Gasteiger partial charge is 0.330 e. The summed E-state index contributed by atoms with van der Waals surface area (Å²) in [6.45, 7) is 11.7.